The maximum absolute atomic E-state index is 9.94. The third kappa shape index (κ3) is 8.04. The van der Waals surface area contributed by atoms with Gasteiger partial charge in [0.15, 0.2) is 5.82 Å². The highest BCUT2D eigenvalue weighted by Gasteiger charge is 2.00. The molecule has 1 heterocycles. The molecule has 1 aromatic rings. The third-order valence-electron chi connectivity index (χ3n) is 1.59. The van der Waals surface area contributed by atoms with Gasteiger partial charge in [-0.3, -0.25) is 10.1 Å². The van der Waals surface area contributed by atoms with E-state index in [9.17, 15) is 10.1 Å². The molecule has 1 N–H and O–H groups in total. The maximum Gasteiger partial charge on any atom is 0.274 e. The van der Waals surface area contributed by atoms with Crippen molar-refractivity contribution in [1.82, 2.24) is 15.2 Å². The van der Waals surface area contributed by atoms with Crippen molar-refractivity contribution in [1.29, 1.82) is 0 Å². The van der Waals surface area contributed by atoms with Crippen LogP contribution in [-0.2, 0) is 0 Å². The van der Waals surface area contributed by atoms with Gasteiger partial charge in [0.1, 0.15) is 5.15 Å². The van der Waals surface area contributed by atoms with E-state index in [1.807, 2.05) is 12.1 Å². The number of halogens is 1. The summed E-state index contributed by atoms with van der Waals surface area (Å²) >= 11 is 5.43. The number of hydrogen-bond donors (Lipinski definition) is 1. The van der Waals surface area contributed by atoms with Crippen LogP contribution in [0.1, 0.15) is 0 Å². The normalized spacial score (nSPS) is 10.0. The fraction of sp³-hybridized carbons (Fsp3) is 0.300. The molecule has 1 rings (SSSR count). The minimum Gasteiger partial charge on any atom is -0.370 e. The molecule has 0 fully saturated rings. The van der Waals surface area contributed by atoms with Gasteiger partial charge in [-0.05, 0) is 12.1 Å². The molecule has 0 spiro atoms. The second kappa shape index (κ2) is 8.35. The molecule has 0 aliphatic carbocycles. The second-order valence-electron chi connectivity index (χ2n) is 3.10. The Kier molecular flexibility index (Phi) is 7.45. The summed E-state index contributed by atoms with van der Waals surface area (Å²) in [5.74, 6) is 0.477. The van der Waals surface area contributed by atoms with E-state index in [1.54, 1.807) is 38.3 Å². The van der Waals surface area contributed by atoms with Crippen LogP contribution >= 0.6 is 11.6 Å². The van der Waals surface area contributed by atoms with Gasteiger partial charge in [-0.1, -0.05) is 17.7 Å². The van der Waals surface area contributed by atoms with E-state index in [0.717, 1.165) is 6.20 Å². The fourth-order valence-electron chi connectivity index (χ4n) is 0.845. The smallest absolute Gasteiger partial charge is 0.274 e. The van der Waals surface area contributed by atoms with E-state index in [4.69, 9.17) is 11.6 Å². The van der Waals surface area contributed by atoms with E-state index in [0.29, 0.717) is 11.0 Å². The van der Waals surface area contributed by atoms with Crippen molar-refractivity contribution in [3.63, 3.8) is 0 Å². The minimum atomic E-state index is -0.494. The second-order valence-corrected chi connectivity index (χ2v) is 3.48. The molecule has 0 bridgehead atoms. The first kappa shape index (κ1) is 15.2. The van der Waals surface area contributed by atoms with Crippen LogP contribution in [0.25, 0.3) is 0 Å². The number of pyridine rings is 1. The molecule has 94 valence electrons. The van der Waals surface area contributed by atoms with Crippen LogP contribution in [0.5, 0.6) is 0 Å². The molecule has 0 aromatic carbocycles. The van der Waals surface area contributed by atoms with E-state index < -0.39 is 4.92 Å². The summed E-state index contributed by atoms with van der Waals surface area (Å²) in [5, 5.41) is 13.2. The van der Waals surface area contributed by atoms with Crippen molar-refractivity contribution in [2.75, 3.05) is 21.1 Å². The Morgan fingerprint density at radius 1 is 1.59 bits per heavy atom. The van der Waals surface area contributed by atoms with Gasteiger partial charge in [0, 0.05) is 27.3 Å². The van der Waals surface area contributed by atoms with Gasteiger partial charge < -0.3 is 10.2 Å². The first-order valence-electron chi connectivity index (χ1n) is 4.74. The molecule has 0 saturated heterocycles. The summed E-state index contributed by atoms with van der Waals surface area (Å²) in [5.41, 5.74) is 0. The zero-order valence-corrected chi connectivity index (χ0v) is 10.7. The number of hydrogen-bond acceptors (Lipinski definition) is 5. The van der Waals surface area contributed by atoms with Crippen LogP contribution in [-0.4, -0.2) is 36.0 Å². The molecule has 0 aliphatic rings. The molecule has 7 heteroatoms. The SMILES string of the molecule is CNC(=C[N+](=O)[O-])N(C)C.Clc1ccccn1. The lowest BCUT2D eigenvalue weighted by Crippen LogP contribution is -2.23. The Bertz CT molecular complexity index is 368. The lowest BCUT2D eigenvalue weighted by molar-refractivity contribution is -0.404. The van der Waals surface area contributed by atoms with E-state index >= 15 is 0 Å². The first-order chi connectivity index (χ1) is 7.97. The molecule has 17 heavy (non-hydrogen) atoms. The average Bonchev–Trinajstić information content (AvgIpc) is 2.27. The zero-order chi connectivity index (χ0) is 13.3. The lowest BCUT2D eigenvalue weighted by Gasteiger charge is -2.12. The summed E-state index contributed by atoms with van der Waals surface area (Å²) in [6, 6.07) is 5.41. The predicted molar refractivity (Wildman–Crippen MR) is 67.1 cm³/mol. The van der Waals surface area contributed by atoms with Crippen molar-refractivity contribution in [2.24, 2.45) is 0 Å². The topological polar surface area (TPSA) is 71.3 Å². The molecule has 0 radical (unpaired) electrons. The molecular weight excluding hydrogens is 244 g/mol. The summed E-state index contributed by atoms with van der Waals surface area (Å²) in [4.78, 5) is 14.8. The Morgan fingerprint density at radius 3 is 2.41 bits per heavy atom. The van der Waals surface area contributed by atoms with E-state index in [-0.39, 0.29) is 0 Å². The summed E-state index contributed by atoms with van der Waals surface area (Å²) < 4.78 is 0. The van der Waals surface area contributed by atoms with Gasteiger partial charge in [-0.25, -0.2) is 4.98 Å². The number of aromatic nitrogens is 1. The molecule has 0 atom stereocenters. The first-order valence-corrected chi connectivity index (χ1v) is 5.12. The van der Waals surface area contributed by atoms with Crippen LogP contribution in [0.3, 0.4) is 0 Å². The van der Waals surface area contributed by atoms with Gasteiger partial charge in [0.2, 0.25) is 0 Å². The van der Waals surface area contributed by atoms with Crippen molar-refractivity contribution >= 4 is 11.6 Å². The molecule has 1 aromatic heterocycles. The Morgan fingerprint density at radius 2 is 2.24 bits per heavy atom. The molecule has 0 aliphatic heterocycles. The van der Waals surface area contributed by atoms with Crippen LogP contribution in [0.15, 0.2) is 36.4 Å². The van der Waals surface area contributed by atoms with Crippen LogP contribution < -0.4 is 5.32 Å². The summed E-state index contributed by atoms with van der Waals surface area (Å²) in [7, 11) is 5.09. The third-order valence-corrected chi connectivity index (χ3v) is 1.82. The molecule has 0 saturated carbocycles. The Hall–Kier alpha value is -1.82. The highest BCUT2D eigenvalue weighted by molar-refractivity contribution is 6.29. The highest BCUT2D eigenvalue weighted by atomic mass is 35.5. The lowest BCUT2D eigenvalue weighted by atomic mass is 10.5. The van der Waals surface area contributed by atoms with E-state index in [1.165, 1.54) is 0 Å². The monoisotopic (exact) mass is 258 g/mol. The fourth-order valence-corrected chi connectivity index (χ4v) is 0.974. The van der Waals surface area contributed by atoms with Crippen molar-refractivity contribution in [2.45, 2.75) is 0 Å². The van der Waals surface area contributed by atoms with Gasteiger partial charge in [-0.15, -0.1) is 0 Å². The average molecular weight is 259 g/mol. The summed E-state index contributed by atoms with van der Waals surface area (Å²) in [6.07, 6.45) is 2.57. The van der Waals surface area contributed by atoms with Gasteiger partial charge in [-0.2, -0.15) is 0 Å². The van der Waals surface area contributed by atoms with Crippen molar-refractivity contribution in [3.05, 3.63) is 51.7 Å². The van der Waals surface area contributed by atoms with Gasteiger partial charge >= 0.3 is 0 Å². The van der Waals surface area contributed by atoms with Gasteiger partial charge in [0.25, 0.3) is 6.20 Å². The van der Waals surface area contributed by atoms with E-state index in [2.05, 4.69) is 10.3 Å². The Balaban J connectivity index is 0.000000318. The molecular formula is C10H15ClN4O2. The quantitative estimate of drug-likeness (QED) is 0.506. The summed E-state index contributed by atoms with van der Waals surface area (Å²) in [6.45, 7) is 0. The molecule has 6 nitrogen and oxygen atoms in total. The van der Waals surface area contributed by atoms with Gasteiger partial charge in [0.05, 0.1) is 4.92 Å². The van der Waals surface area contributed by atoms with Crippen LogP contribution in [0.2, 0.25) is 5.15 Å². The van der Waals surface area contributed by atoms with Crippen molar-refractivity contribution in [3.8, 4) is 0 Å². The van der Waals surface area contributed by atoms with Crippen molar-refractivity contribution < 1.29 is 4.92 Å². The minimum absolute atomic E-state index is 0.477. The molecule has 0 amide bonds. The number of nitrogens with one attached hydrogen (secondary N) is 1. The van der Waals surface area contributed by atoms with Crippen LogP contribution in [0.4, 0.5) is 0 Å². The number of nitro groups is 1. The largest absolute Gasteiger partial charge is 0.370 e. The number of rotatable bonds is 3. The number of nitrogens with zero attached hydrogens (tertiary/aromatic N) is 3. The van der Waals surface area contributed by atoms with Crippen LogP contribution in [0, 0.1) is 10.1 Å². The Labute approximate surface area is 105 Å². The maximum atomic E-state index is 9.94. The zero-order valence-electron chi connectivity index (χ0n) is 9.92. The highest BCUT2D eigenvalue weighted by Crippen LogP contribution is 1.98. The standard InChI is InChI=1S/C5H4ClN.C5H11N3O2/c6-5-3-1-2-4-7-5;1-6-5(7(2)3)4-8(9)10/h1-4H;4,6H,1-3H3. The molecule has 0 unspecified atom stereocenters. The predicted octanol–water partition coefficient (Wildman–Crippen LogP) is 1.58.